The lowest BCUT2D eigenvalue weighted by atomic mass is 9.84. The van der Waals surface area contributed by atoms with E-state index < -0.39 is 12.1 Å². The number of benzene rings is 1. The molecule has 6 heteroatoms. The Labute approximate surface area is 151 Å². The summed E-state index contributed by atoms with van der Waals surface area (Å²) in [5, 5.41) is 1.06. The molecule has 4 rings (SSSR count). The second-order valence-corrected chi connectivity index (χ2v) is 8.93. The number of para-hydroxylation sites is 1. The fraction of sp³-hybridized carbons (Fsp3) is 0.474. The van der Waals surface area contributed by atoms with Gasteiger partial charge in [0.2, 0.25) is 5.91 Å². The van der Waals surface area contributed by atoms with E-state index in [1.54, 1.807) is 21.2 Å². The third-order valence-corrected chi connectivity index (χ3v) is 6.66. The standard InChI is InChI=1S/C19H23N3O2S/c1-19(2)11-15-22(17(23)13(20)8-10-25-15)16(19)18(24)21-9-7-12-5-3-4-6-14(12)21/h3-7,9,13,15-16H,8,10-11,20H2,1-2H3/t13-,15-,16?/m0/s1. The summed E-state index contributed by atoms with van der Waals surface area (Å²) in [6.07, 6.45) is 3.29. The lowest BCUT2D eigenvalue weighted by molar-refractivity contribution is -0.133. The maximum Gasteiger partial charge on any atom is 0.254 e. The summed E-state index contributed by atoms with van der Waals surface area (Å²) >= 11 is 1.75. The van der Waals surface area contributed by atoms with Crippen molar-refractivity contribution in [3.05, 3.63) is 36.5 Å². The van der Waals surface area contributed by atoms with E-state index in [2.05, 4.69) is 13.8 Å². The molecule has 0 radical (unpaired) electrons. The summed E-state index contributed by atoms with van der Waals surface area (Å²) < 4.78 is 1.69. The molecule has 132 valence electrons. The highest BCUT2D eigenvalue weighted by Crippen LogP contribution is 2.46. The van der Waals surface area contributed by atoms with Crippen LogP contribution in [-0.4, -0.2) is 44.5 Å². The van der Waals surface area contributed by atoms with Crippen LogP contribution >= 0.6 is 11.8 Å². The summed E-state index contributed by atoms with van der Waals surface area (Å²) in [5.41, 5.74) is 6.67. The Bertz CT molecular complexity index is 844. The van der Waals surface area contributed by atoms with E-state index in [0.717, 1.165) is 23.1 Å². The van der Waals surface area contributed by atoms with Gasteiger partial charge in [-0.1, -0.05) is 32.0 Å². The first-order valence-electron chi connectivity index (χ1n) is 8.70. The van der Waals surface area contributed by atoms with Gasteiger partial charge in [0.1, 0.15) is 6.04 Å². The molecule has 2 aliphatic heterocycles. The Kier molecular flexibility index (Phi) is 3.92. The van der Waals surface area contributed by atoms with Crippen molar-refractivity contribution in [1.82, 2.24) is 9.47 Å². The number of aromatic nitrogens is 1. The van der Waals surface area contributed by atoms with Gasteiger partial charge in [0, 0.05) is 11.6 Å². The molecule has 0 bridgehead atoms. The first-order chi connectivity index (χ1) is 11.9. The van der Waals surface area contributed by atoms with Crippen LogP contribution in [0.1, 0.15) is 31.5 Å². The normalized spacial score (nSPS) is 28.8. The summed E-state index contributed by atoms with van der Waals surface area (Å²) in [7, 11) is 0. The van der Waals surface area contributed by atoms with Crippen LogP contribution in [0.15, 0.2) is 36.5 Å². The minimum Gasteiger partial charge on any atom is -0.320 e. The van der Waals surface area contributed by atoms with Crippen LogP contribution in [0.5, 0.6) is 0 Å². The maximum absolute atomic E-state index is 13.5. The van der Waals surface area contributed by atoms with Crippen LogP contribution in [0, 0.1) is 5.41 Å². The Balaban J connectivity index is 1.78. The molecule has 2 saturated heterocycles. The molecular formula is C19H23N3O2S. The monoisotopic (exact) mass is 357 g/mol. The van der Waals surface area contributed by atoms with Gasteiger partial charge >= 0.3 is 0 Å². The van der Waals surface area contributed by atoms with Crippen LogP contribution in [0.2, 0.25) is 0 Å². The van der Waals surface area contributed by atoms with Crippen molar-refractivity contribution in [1.29, 1.82) is 0 Å². The van der Waals surface area contributed by atoms with Gasteiger partial charge < -0.3 is 10.6 Å². The van der Waals surface area contributed by atoms with Crippen LogP contribution < -0.4 is 5.73 Å². The molecule has 3 atom stereocenters. The second-order valence-electron chi connectivity index (χ2n) is 7.64. The molecule has 1 aromatic heterocycles. The highest BCUT2D eigenvalue weighted by atomic mass is 32.2. The van der Waals surface area contributed by atoms with E-state index in [9.17, 15) is 9.59 Å². The van der Waals surface area contributed by atoms with Crippen molar-refractivity contribution in [2.75, 3.05) is 5.75 Å². The van der Waals surface area contributed by atoms with Gasteiger partial charge in [0.25, 0.3) is 5.91 Å². The lowest BCUT2D eigenvalue weighted by Crippen LogP contribution is -2.53. The molecule has 1 amide bonds. The number of carbonyl (C=O) groups is 2. The van der Waals surface area contributed by atoms with Crippen LogP contribution in [0.4, 0.5) is 0 Å². The van der Waals surface area contributed by atoms with Gasteiger partial charge in [0.15, 0.2) is 0 Å². The van der Waals surface area contributed by atoms with Gasteiger partial charge in [-0.25, -0.2) is 0 Å². The second kappa shape index (κ2) is 5.88. The van der Waals surface area contributed by atoms with E-state index in [4.69, 9.17) is 5.73 Å². The Morgan fingerprint density at radius 1 is 1.28 bits per heavy atom. The molecular weight excluding hydrogens is 334 g/mol. The molecule has 25 heavy (non-hydrogen) atoms. The van der Waals surface area contributed by atoms with Gasteiger partial charge in [-0.2, -0.15) is 0 Å². The highest BCUT2D eigenvalue weighted by Gasteiger charge is 2.54. The fourth-order valence-corrected chi connectivity index (χ4v) is 5.71. The number of nitrogens with zero attached hydrogens (tertiary/aromatic N) is 2. The SMILES string of the molecule is CC1(C)C[C@@H]2SCC[C@H](N)C(=O)N2C1C(=O)n1ccc2ccccc21. The van der Waals surface area contributed by atoms with Crippen LogP contribution in [0.3, 0.4) is 0 Å². The molecule has 1 aromatic carbocycles. The number of fused-ring (bicyclic) bond motifs is 2. The number of thioether (sulfide) groups is 1. The fourth-order valence-electron chi connectivity index (χ4n) is 4.12. The average Bonchev–Trinajstić information content (AvgIpc) is 3.08. The van der Waals surface area contributed by atoms with E-state index in [0.29, 0.717) is 6.42 Å². The maximum atomic E-state index is 13.5. The molecule has 2 fully saturated rings. The van der Waals surface area contributed by atoms with E-state index in [1.165, 1.54) is 0 Å². The Morgan fingerprint density at radius 2 is 2.04 bits per heavy atom. The molecule has 3 heterocycles. The smallest absolute Gasteiger partial charge is 0.254 e. The Hall–Kier alpha value is -1.79. The molecule has 0 saturated carbocycles. The van der Waals surface area contributed by atoms with Crippen LogP contribution in [0.25, 0.3) is 10.9 Å². The third-order valence-electron chi connectivity index (χ3n) is 5.41. The average molecular weight is 357 g/mol. The molecule has 2 aromatic rings. The minimum absolute atomic E-state index is 0.0341. The van der Waals surface area contributed by atoms with Gasteiger partial charge in [-0.3, -0.25) is 14.2 Å². The zero-order chi connectivity index (χ0) is 17.8. The topological polar surface area (TPSA) is 68.3 Å². The number of nitrogens with two attached hydrogens (primary N) is 1. The molecule has 2 N–H and O–H groups in total. The molecule has 0 spiro atoms. The first-order valence-corrected chi connectivity index (χ1v) is 9.75. The summed E-state index contributed by atoms with van der Waals surface area (Å²) in [5.74, 6) is 0.726. The van der Waals surface area contributed by atoms with Gasteiger partial charge in [-0.05, 0) is 36.1 Å². The molecule has 1 unspecified atom stereocenters. The van der Waals surface area contributed by atoms with Crippen molar-refractivity contribution in [2.45, 2.75) is 44.1 Å². The zero-order valence-corrected chi connectivity index (χ0v) is 15.3. The number of carbonyl (C=O) groups excluding carboxylic acids is 2. The Morgan fingerprint density at radius 3 is 2.84 bits per heavy atom. The zero-order valence-electron chi connectivity index (χ0n) is 14.5. The van der Waals surface area contributed by atoms with E-state index in [-0.39, 0.29) is 22.6 Å². The van der Waals surface area contributed by atoms with Crippen LogP contribution in [-0.2, 0) is 4.79 Å². The highest BCUT2D eigenvalue weighted by molar-refractivity contribution is 7.99. The summed E-state index contributed by atoms with van der Waals surface area (Å²) in [6.45, 7) is 4.16. The van der Waals surface area contributed by atoms with Crippen molar-refractivity contribution >= 4 is 34.5 Å². The van der Waals surface area contributed by atoms with Crippen molar-refractivity contribution in [3.8, 4) is 0 Å². The van der Waals surface area contributed by atoms with Gasteiger partial charge in [-0.15, -0.1) is 11.8 Å². The predicted molar refractivity (Wildman–Crippen MR) is 100 cm³/mol. The van der Waals surface area contributed by atoms with Crippen molar-refractivity contribution in [3.63, 3.8) is 0 Å². The molecule has 2 aliphatic rings. The quantitative estimate of drug-likeness (QED) is 0.852. The number of amides is 1. The predicted octanol–water partition coefficient (Wildman–Crippen LogP) is 2.70. The van der Waals surface area contributed by atoms with E-state index >= 15 is 0 Å². The first kappa shape index (κ1) is 16.7. The summed E-state index contributed by atoms with van der Waals surface area (Å²) in [4.78, 5) is 28.1. The number of hydrogen-bond donors (Lipinski definition) is 1. The number of hydrogen-bond acceptors (Lipinski definition) is 4. The summed E-state index contributed by atoms with van der Waals surface area (Å²) in [6, 6.07) is 8.76. The van der Waals surface area contributed by atoms with Gasteiger partial charge in [0.05, 0.1) is 16.9 Å². The minimum atomic E-state index is -0.511. The number of rotatable bonds is 1. The lowest BCUT2D eigenvalue weighted by Gasteiger charge is -2.33. The molecule has 5 nitrogen and oxygen atoms in total. The van der Waals surface area contributed by atoms with Crippen molar-refractivity contribution < 1.29 is 9.59 Å². The third kappa shape index (κ3) is 2.59. The molecule has 0 aliphatic carbocycles. The van der Waals surface area contributed by atoms with Crippen molar-refractivity contribution in [2.24, 2.45) is 11.1 Å². The van der Waals surface area contributed by atoms with E-state index in [1.807, 2.05) is 36.5 Å². The largest absolute Gasteiger partial charge is 0.320 e.